The Kier molecular flexibility index (Phi) is 12.4. The number of nitrogens with two attached hydrogens (primary N) is 2. The number of aliphatic carboxylic acids is 1. The molecule has 0 saturated carbocycles. The summed E-state index contributed by atoms with van der Waals surface area (Å²) >= 11 is 0. The number of hydrogen-bond donors (Lipinski definition) is 7. The number of carbonyl (C=O) groups is 5. The minimum absolute atomic E-state index is 0.111. The van der Waals surface area contributed by atoms with Crippen LogP contribution in [-0.2, 0) is 24.0 Å². The zero-order valence-electron chi connectivity index (χ0n) is 18.4. The molecule has 0 rings (SSSR count). The largest absolute Gasteiger partial charge is 0.480 e. The van der Waals surface area contributed by atoms with Gasteiger partial charge in [-0.2, -0.15) is 0 Å². The molecule has 0 aliphatic heterocycles. The molecule has 12 heteroatoms. The highest BCUT2D eigenvalue weighted by atomic mass is 16.4. The average Bonchev–Trinajstić information content (AvgIpc) is 2.70. The summed E-state index contributed by atoms with van der Waals surface area (Å²) in [6, 6.07) is -4.75. The van der Waals surface area contributed by atoms with E-state index in [1.54, 1.807) is 20.8 Å². The van der Waals surface area contributed by atoms with E-state index in [-0.39, 0.29) is 24.7 Å². The van der Waals surface area contributed by atoms with Crippen molar-refractivity contribution in [2.75, 3.05) is 6.61 Å². The summed E-state index contributed by atoms with van der Waals surface area (Å²) in [7, 11) is 0. The first kappa shape index (κ1) is 28.3. The summed E-state index contributed by atoms with van der Waals surface area (Å²) < 4.78 is 0. The van der Waals surface area contributed by atoms with Gasteiger partial charge in [-0.05, 0) is 18.3 Å². The Morgan fingerprint density at radius 3 is 1.87 bits per heavy atom. The highest BCUT2D eigenvalue weighted by Crippen LogP contribution is 2.08. The zero-order valence-corrected chi connectivity index (χ0v) is 18.4. The number of carbonyl (C=O) groups excluding carboxylic acids is 4. The number of nitrogens with one attached hydrogen (secondary N) is 3. The van der Waals surface area contributed by atoms with E-state index in [0.29, 0.717) is 6.42 Å². The van der Waals surface area contributed by atoms with Gasteiger partial charge in [0.15, 0.2) is 0 Å². The van der Waals surface area contributed by atoms with Crippen LogP contribution in [0.5, 0.6) is 0 Å². The van der Waals surface area contributed by atoms with Gasteiger partial charge in [-0.15, -0.1) is 0 Å². The van der Waals surface area contributed by atoms with E-state index >= 15 is 0 Å². The van der Waals surface area contributed by atoms with Crippen molar-refractivity contribution in [2.45, 2.75) is 71.1 Å². The van der Waals surface area contributed by atoms with Crippen LogP contribution in [0.1, 0.15) is 47.0 Å². The highest BCUT2D eigenvalue weighted by Gasteiger charge is 2.32. The number of carboxylic acid groups (broad SMARTS) is 1. The van der Waals surface area contributed by atoms with Crippen LogP contribution >= 0.6 is 0 Å². The maximum atomic E-state index is 12.7. The minimum Gasteiger partial charge on any atom is -0.480 e. The van der Waals surface area contributed by atoms with E-state index in [0.717, 1.165) is 0 Å². The summed E-state index contributed by atoms with van der Waals surface area (Å²) in [5.41, 5.74) is 10.9. The Morgan fingerprint density at radius 1 is 0.903 bits per heavy atom. The monoisotopic (exact) mass is 445 g/mol. The molecular formula is C19H35N5O7. The van der Waals surface area contributed by atoms with Gasteiger partial charge in [0.2, 0.25) is 23.6 Å². The number of primary amides is 1. The lowest BCUT2D eigenvalue weighted by Gasteiger charge is -2.27. The molecule has 0 aliphatic rings. The van der Waals surface area contributed by atoms with Gasteiger partial charge < -0.3 is 37.6 Å². The normalized spacial score (nSPS) is 15.8. The van der Waals surface area contributed by atoms with Crippen LogP contribution in [0.4, 0.5) is 0 Å². The lowest BCUT2D eigenvalue weighted by atomic mass is 9.97. The van der Waals surface area contributed by atoms with Crippen molar-refractivity contribution in [2.24, 2.45) is 23.3 Å². The van der Waals surface area contributed by atoms with E-state index < -0.39 is 60.4 Å². The molecule has 12 nitrogen and oxygen atoms in total. The topological polar surface area (TPSA) is 214 Å². The summed E-state index contributed by atoms with van der Waals surface area (Å²) in [6.07, 6.45) is 0.145. The van der Waals surface area contributed by atoms with Crippen LogP contribution in [0.3, 0.4) is 0 Å². The van der Waals surface area contributed by atoms with Crippen molar-refractivity contribution in [3.05, 3.63) is 0 Å². The molecule has 178 valence electrons. The smallest absolute Gasteiger partial charge is 0.326 e. The van der Waals surface area contributed by atoms with E-state index in [4.69, 9.17) is 11.5 Å². The summed E-state index contributed by atoms with van der Waals surface area (Å²) in [6.45, 7) is 6.22. The molecule has 5 unspecified atom stereocenters. The molecule has 0 heterocycles. The molecule has 5 atom stereocenters. The lowest BCUT2D eigenvalue weighted by molar-refractivity contribution is -0.143. The average molecular weight is 446 g/mol. The zero-order chi connectivity index (χ0) is 24.3. The van der Waals surface area contributed by atoms with Crippen molar-refractivity contribution in [3.63, 3.8) is 0 Å². The molecule has 0 aromatic carbocycles. The van der Waals surface area contributed by atoms with Gasteiger partial charge in [-0.1, -0.05) is 34.1 Å². The Labute approximate surface area is 181 Å². The van der Waals surface area contributed by atoms with Gasteiger partial charge in [0.25, 0.3) is 0 Å². The molecule has 0 aliphatic carbocycles. The van der Waals surface area contributed by atoms with Crippen LogP contribution in [-0.4, -0.2) is 70.6 Å². The third kappa shape index (κ3) is 9.75. The molecule has 4 amide bonds. The SMILES string of the molecule is CCC(C)C(N)C(=O)NC(C(=O)NC(CO)C(=O)NC(CCC(N)=O)C(=O)O)C(C)C. The van der Waals surface area contributed by atoms with Crippen LogP contribution in [0.2, 0.25) is 0 Å². The number of carboxylic acids is 1. The molecule has 0 spiro atoms. The number of aliphatic hydroxyl groups is 1. The van der Waals surface area contributed by atoms with E-state index in [1.807, 2.05) is 6.92 Å². The van der Waals surface area contributed by atoms with Gasteiger partial charge in [0, 0.05) is 6.42 Å². The van der Waals surface area contributed by atoms with Crippen LogP contribution in [0.25, 0.3) is 0 Å². The molecular weight excluding hydrogens is 410 g/mol. The van der Waals surface area contributed by atoms with E-state index in [2.05, 4.69) is 16.0 Å². The molecule has 0 fully saturated rings. The summed E-state index contributed by atoms with van der Waals surface area (Å²) in [5, 5.41) is 25.7. The fourth-order valence-electron chi connectivity index (χ4n) is 2.57. The number of hydrogen-bond acceptors (Lipinski definition) is 7. The first-order chi connectivity index (χ1) is 14.3. The van der Waals surface area contributed by atoms with Gasteiger partial charge in [0.1, 0.15) is 18.1 Å². The Hall–Kier alpha value is -2.73. The highest BCUT2D eigenvalue weighted by molar-refractivity contribution is 5.94. The summed E-state index contributed by atoms with van der Waals surface area (Å²) in [4.78, 5) is 59.5. The van der Waals surface area contributed by atoms with Crippen LogP contribution in [0, 0.1) is 11.8 Å². The van der Waals surface area contributed by atoms with Gasteiger partial charge in [0.05, 0.1) is 12.6 Å². The molecule has 9 N–H and O–H groups in total. The van der Waals surface area contributed by atoms with Gasteiger partial charge in [-0.25, -0.2) is 4.79 Å². The second-order valence-electron chi connectivity index (χ2n) is 7.79. The maximum absolute atomic E-state index is 12.7. The minimum atomic E-state index is -1.47. The van der Waals surface area contributed by atoms with Crippen LogP contribution < -0.4 is 27.4 Å². The van der Waals surface area contributed by atoms with Crippen molar-refractivity contribution >= 4 is 29.6 Å². The number of rotatable bonds is 14. The Balaban J connectivity index is 5.20. The van der Waals surface area contributed by atoms with Crippen molar-refractivity contribution < 1.29 is 34.2 Å². The second-order valence-corrected chi connectivity index (χ2v) is 7.79. The van der Waals surface area contributed by atoms with Crippen molar-refractivity contribution in [1.29, 1.82) is 0 Å². The first-order valence-corrected chi connectivity index (χ1v) is 10.1. The Morgan fingerprint density at radius 2 is 1.45 bits per heavy atom. The lowest BCUT2D eigenvalue weighted by Crippen LogP contribution is -2.59. The molecule has 0 bridgehead atoms. The molecule has 0 aromatic rings. The quantitative estimate of drug-likeness (QED) is 0.155. The fourth-order valence-corrected chi connectivity index (χ4v) is 2.57. The number of aliphatic hydroxyl groups excluding tert-OH is 1. The van der Waals surface area contributed by atoms with Gasteiger partial charge in [-0.3, -0.25) is 19.2 Å². The molecule has 0 aromatic heterocycles. The third-order valence-electron chi connectivity index (χ3n) is 4.92. The molecule has 0 radical (unpaired) electrons. The fraction of sp³-hybridized carbons (Fsp3) is 0.737. The predicted molar refractivity (Wildman–Crippen MR) is 111 cm³/mol. The first-order valence-electron chi connectivity index (χ1n) is 10.1. The van der Waals surface area contributed by atoms with Crippen molar-refractivity contribution in [1.82, 2.24) is 16.0 Å². The second kappa shape index (κ2) is 13.5. The van der Waals surface area contributed by atoms with Gasteiger partial charge >= 0.3 is 5.97 Å². The van der Waals surface area contributed by atoms with E-state index in [9.17, 15) is 34.2 Å². The Bertz CT molecular complexity index is 656. The molecule has 31 heavy (non-hydrogen) atoms. The standard InChI is InChI=1S/C19H35N5O7/c1-5-10(4)14(21)17(28)24-15(9(2)3)18(29)23-12(8-25)16(27)22-11(19(30)31)6-7-13(20)26/h9-12,14-15,25H,5-8,21H2,1-4H3,(H2,20,26)(H,22,27)(H,23,29)(H,24,28)(H,30,31). The summed E-state index contributed by atoms with van der Waals surface area (Å²) in [5.74, 6) is -4.83. The van der Waals surface area contributed by atoms with E-state index in [1.165, 1.54) is 0 Å². The number of amides is 4. The van der Waals surface area contributed by atoms with Crippen molar-refractivity contribution in [3.8, 4) is 0 Å². The third-order valence-corrected chi connectivity index (χ3v) is 4.92. The molecule has 0 saturated heterocycles. The predicted octanol–water partition coefficient (Wildman–Crippen LogP) is -2.19. The van der Waals surface area contributed by atoms with Crippen LogP contribution in [0.15, 0.2) is 0 Å². The maximum Gasteiger partial charge on any atom is 0.326 e.